The number of ether oxygens (including phenoxy) is 2. The van der Waals surface area contributed by atoms with Crippen molar-refractivity contribution in [1.29, 1.82) is 5.26 Å². The Balaban J connectivity index is 1.95. The number of nitrogens with one attached hydrogen (secondary N) is 1. The molecule has 0 aromatic heterocycles. The number of halogens is 1. The summed E-state index contributed by atoms with van der Waals surface area (Å²) in [6, 6.07) is 13.5. The van der Waals surface area contributed by atoms with Crippen LogP contribution in [0.15, 0.2) is 48.5 Å². The number of hydrogen-bond donors (Lipinski definition) is 1. The summed E-state index contributed by atoms with van der Waals surface area (Å²) in [5.41, 5.74) is 1.63. The molecule has 0 aliphatic rings. The van der Waals surface area contributed by atoms with Gasteiger partial charge in [-0.3, -0.25) is 4.79 Å². The molecule has 0 bridgehead atoms. The molecule has 138 valence electrons. The lowest BCUT2D eigenvalue weighted by Gasteiger charge is -2.14. The van der Waals surface area contributed by atoms with Gasteiger partial charge in [-0.25, -0.2) is 4.79 Å². The van der Waals surface area contributed by atoms with Crippen LogP contribution in [-0.4, -0.2) is 25.1 Å². The van der Waals surface area contributed by atoms with Crippen molar-refractivity contribution < 1.29 is 19.1 Å². The van der Waals surface area contributed by atoms with Crippen LogP contribution < -0.4 is 10.1 Å². The highest BCUT2D eigenvalue weighted by Gasteiger charge is 2.18. The SMILES string of the molecule is COc1ccc(Cl)cc1NC(=O)[C@@H](C)OC(=O)/C=C/c1ccc(C#N)cc1. The number of anilines is 1. The predicted octanol–water partition coefficient (Wildman–Crippen LogP) is 3.80. The van der Waals surface area contributed by atoms with Crippen LogP contribution in [0.4, 0.5) is 5.69 Å². The van der Waals surface area contributed by atoms with Gasteiger partial charge in [0.2, 0.25) is 0 Å². The molecule has 1 N–H and O–H groups in total. The number of methoxy groups -OCH3 is 1. The van der Waals surface area contributed by atoms with Gasteiger partial charge in [-0.1, -0.05) is 23.7 Å². The fraction of sp³-hybridized carbons (Fsp3) is 0.150. The minimum atomic E-state index is -1.02. The largest absolute Gasteiger partial charge is 0.495 e. The van der Waals surface area contributed by atoms with Gasteiger partial charge in [0, 0.05) is 11.1 Å². The summed E-state index contributed by atoms with van der Waals surface area (Å²) in [6.07, 6.45) is 1.73. The van der Waals surface area contributed by atoms with Gasteiger partial charge in [-0.15, -0.1) is 0 Å². The monoisotopic (exact) mass is 384 g/mol. The molecule has 0 aliphatic heterocycles. The van der Waals surface area contributed by atoms with Crippen molar-refractivity contribution in [2.45, 2.75) is 13.0 Å². The third-order valence-corrected chi connectivity index (χ3v) is 3.77. The number of esters is 1. The van der Waals surface area contributed by atoms with E-state index in [4.69, 9.17) is 26.3 Å². The zero-order valence-electron chi connectivity index (χ0n) is 14.7. The van der Waals surface area contributed by atoms with Crippen LogP contribution in [0.5, 0.6) is 5.75 Å². The first-order valence-electron chi connectivity index (χ1n) is 7.96. The van der Waals surface area contributed by atoms with Gasteiger partial charge in [-0.05, 0) is 48.9 Å². The Hall–Kier alpha value is -3.30. The Bertz CT molecular complexity index is 901. The number of benzene rings is 2. The maximum atomic E-state index is 12.2. The smallest absolute Gasteiger partial charge is 0.331 e. The highest BCUT2D eigenvalue weighted by Crippen LogP contribution is 2.27. The average Bonchev–Trinajstić information content (AvgIpc) is 2.67. The van der Waals surface area contributed by atoms with E-state index < -0.39 is 18.0 Å². The molecular formula is C20H17ClN2O4. The highest BCUT2D eigenvalue weighted by molar-refractivity contribution is 6.31. The molecule has 0 fully saturated rings. The summed E-state index contributed by atoms with van der Waals surface area (Å²) in [6.45, 7) is 1.46. The Morgan fingerprint density at radius 1 is 1.22 bits per heavy atom. The number of hydrogen-bond acceptors (Lipinski definition) is 5. The molecule has 0 unspecified atom stereocenters. The fourth-order valence-corrected chi connectivity index (χ4v) is 2.28. The number of rotatable bonds is 6. The van der Waals surface area contributed by atoms with Crippen LogP contribution in [0.25, 0.3) is 6.08 Å². The second kappa shape index (κ2) is 9.41. The van der Waals surface area contributed by atoms with Gasteiger partial charge in [0.05, 0.1) is 24.4 Å². The van der Waals surface area contributed by atoms with Crippen LogP contribution in [-0.2, 0) is 14.3 Å². The molecule has 7 heteroatoms. The Morgan fingerprint density at radius 3 is 2.56 bits per heavy atom. The lowest BCUT2D eigenvalue weighted by Crippen LogP contribution is -2.29. The van der Waals surface area contributed by atoms with Gasteiger partial charge in [-0.2, -0.15) is 5.26 Å². The number of nitriles is 1. The number of carbonyl (C=O) groups is 2. The molecule has 0 saturated carbocycles. The fourth-order valence-electron chi connectivity index (χ4n) is 2.11. The molecule has 0 aliphatic carbocycles. The summed E-state index contributed by atoms with van der Waals surface area (Å²) < 4.78 is 10.2. The molecule has 2 rings (SSSR count). The minimum Gasteiger partial charge on any atom is -0.495 e. The van der Waals surface area contributed by atoms with Crippen LogP contribution in [0.3, 0.4) is 0 Å². The Labute approximate surface area is 162 Å². The van der Waals surface area contributed by atoms with E-state index in [1.165, 1.54) is 32.3 Å². The maximum Gasteiger partial charge on any atom is 0.331 e. The second-order valence-electron chi connectivity index (χ2n) is 5.48. The standard InChI is InChI=1S/C20H17ClN2O4/c1-13(20(25)23-17-11-16(21)8-9-18(17)26-2)27-19(24)10-7-14-3-5-15(12-22)6-4-14/h3-11,13H,1-2H3,(H,23,25)/b10-7+/t13-/m1/s1. The maximum absolute atomic E-state index is 12.2. The third-order valence-electron chi connectivity index (χ3n) is 3.53. The van der Waals surface area contributed by atoms with Crippen molar-refractivity contribution in [1.82, 2.24) is 0 Å². The first kappa shape index (κ1) is 20.0. The van der Waals surface area contributed by atoms with E-state index in [0.29, 0.717) is 22.0 Å². The summed E-state index contributed by atoms with van der Waals surface area (Å²) in [5, 5.41) is 11.8. The van der Waals surface area contributed by atoms with E-state index in [2.05, 4.69) is 5.32 Å². The number of amides is 1. The van der Waals surface area contributed by atoms with Crippen molar-refractivity contribution in [3.05, 3.63) is 64.7 Å². The van der Waals surface area contributed by atoms with Crippen LogP contribution in [0, 0.1) is 11.3 Å². The summed E-state index contributed by atoms with van der Waals surface area (Å²) in [4.78, 5) is 24.1. The lowest BCUT2D eigenvalue weighted by molar-refractivity contribution is -0.148. The quantitative estimate of drug-likeness (QED) is 0.604. The molecule has 0 spiro atoms. The summed E-state index contributed by atoms with van der Waals surface area (Å²) in [5.74, 6) is -0.747. The molecule has 1 atom stereocenters. The van der Waals surface area contributed by atoms with E-state index in [1.54, 1.807) is 36.4 Å². The molecule has 2 aromatic carbocycles. The summed E-state index contributed by atoms with van der Waals surface area (Å²) >= 11 is 5.92. The predicted molar refractivity (Wildman–Crippen MR) is 102 cm³/mol. The Kier molecular flexibility index (Phi) is 6.98. The third kappa shape index (κ3) is 5.87. The van der Waals surface area contributed by atoms with Gasteiger partial charge in [0.1, 0.15) is 5.75 Å². The van der Waals surface area contributed by atoms with Crippen LogP contribution >= 0.6 is 11.6 Å². The molecule has 0 radical (unpaired) electrons. The molecule has 1 amide bonds. The first-order chi connectivity index (χ1) is 12.9. The molecule has 0 heterocycles. The van der Waals surface area contributed by atoms with E-state index in [1.807, 2.05) is 6.07 Å². The summed E-state index contributed by atoms with van der Waals surface area (Å²) in [7, 11) is 1.47. The van der Waals surface area contributed by atoms with Crippen molar-refractivity contribution in [2.75, 3.05) is 12.4 Å². The topological polar surface area (TPSA) is 88.4 Å². The molecule has 0 saturated heterocycles. The van der Waals surface area contributed by atoms with Crippen LogP contribution in [0.1, 0.15) is 18.1 Å². The van der Waals surface area contributed by atoms with E-state index >= 15 is 0 Å². The van der Waals surface area contributed by atoms with Gasteiger partial charge < -0.3 is 14.8 Å². The van der Waals surface area contributed by atoms with Crippen LogP contribution in [0.2, 0.25) is 5.02 Å². The molecule has 27 heavy (non-hydrogen) atoms. The molecule has 6 nitrogen and oxygen atoms in total. The average molecular weight is 385 g/mol. The molecule has 2 aromatic rings. The zero-order chi connectivity index (χ0) is 19.8. The van der Waals surface area contributed by atoms with E-state index in [-0.39, 0.29) is 0 Å². The first-order valence-corrected chi connectivity index (χ1v) is 8.34. The van der Waals surface area contributed by atoms with Crippen molar-refractivity contribution in [3.8, 4) is 11.8 Å². The van der Waals surface area contributed by atoms with Crippen molar-refractivity contribution >= 4 is 35.2 Å². The van der Waals surface area contributed by atoms with Crippen molar-refractivity contribution in [3.63, 3.8) is 0 Å². The van der Waals surface area contributed by atoms with E-state index in [9.17, 15) is 9.59 Å². The number of carbonyl (C=O) groups excluding carboxylic acids is 2. The lowest BCUT2D eigenvalue weighted by atomic mass is 10.1. The minimum absolute atomic E-state index is 0.381. The van der Waals surface area contributed by atoms with Gasteiger partial charge in [0.15, 0.2) is 6.10 Å². The molecular weight excluding hydrogens is 368 g/mol. The van der Waals surface area contributed by atoms with Gasteiger partial charge in [0.25, 0.3) is 5.91 Å². The normalized spacial score (nSPS) is 11.5. The van der Waals surface area contributed by atoms with Gasteiger partial charge >= 0.3 is 5.97 Å². The van der Waals surface area contributed by atoms with Crippen molar-refractivity contribution in [2.24, 2.45) is 0 Å². The van der Waals surface area contributed by atoms with E-state index in [0.717, 1.165) is 5.56 Å². The Morgan fingerprint density at radius 2 is 1.93 bits per heavy atom. The number of nitrogens with zero attached hydrogens (tertiary/aromatic N) is 1. The second-order valence-corrected chi connectivity index (χ2v) is 5.92. The highest BCUT2D eigenvalue weighted by atomic mass is 35.5. The zero-order valence-corrected chi connectivity index (χ0v) is 15.5.